The van der Waals surface area contributed by atoms with Gasteiger partial charge in [0, 0.05) is 32.2 Å². The SMILES string of the molecule is CCN1/C(=C/C=C/c2n(CCCS(=O)(=O)O)c3cc(F)ccc3[n+]2C)N(C)c2ccc(-c3ccccc3)cc21. The maximum atomic E-state index is 14.1. The van der Waals surface area contributed by atoms with Crippen LogP contribution >= 0.6 is 0 Å². The summed E-state index contributed by atoms with van der Waals surface area (Å²) in [5, 5.41) is 0. The molecule has 5 rings (SSSR count). The largest absolute Gasteiger partial charge is 0.329 e. The van der Waals surface area contributed by atoms with Crippen molar-refractivity contribution in [1.82, 2.24) is 4.57 Å². The van der Waals surface area contributed by atoms with Gasteiger partial charge in [-0.25, -0.2) is 13.5 Å². The molecule has 0 aliphatic carbocycles. The van der Waals surface area contributed by atoms with E-state index in [9.17, 15) is 17.4 Å². The van der Waals surface area contributed by atoms with Gasteiger partial charge in [-0.05, 0) is 48.4 Å². The van der Waals surface area contributed by atoms with E-state index in [1.165, 1.54) is 17.7 Å². The van der Waals surface area contributed by atoms with Crippen molar-refractivity contribution in [3.63, 3.8) is 0 Å². The van der Waals surface area contributed by atoms with Gasteiger partial charge in [-0.15, -0.1) is 0 Å². The summed E-state index contributed by atoms with van der Waals surface area (Å²) in [6.45, 7) is 3.22. The third-order valence-corrected chi connectivity index (χ3v) is 7.96. The molecule has 1 N–H and O–H groups in total. The number of aromatic nitrogens is 2. The molecule has 1 aliphatic rings. The number of hydrogen-bond acceptors (Lipinski definition) is 4. The van der Waals surface area contributed by atoms with Crippen LogP contribution in [0.3, 0.4) is 0 Å². The smallest absolute Gasteiger partial charge is 0.282 e. The fraction of sp³-hybridized carbons (Fsp3) is 0.233. The predicted molar refractivity (Wildman–Crippen MR) is 155 cm³/mol. The van der Waals surface area contributed by atoms with Crippen LogP contribution in [0.4, 0.5) is 15.8 Å². The van der Waals surface area contributed by atoms with Gasteiger partial charge in [0.1, 0.15) is 11.6 Å². The van der Waals surface area contributed by atoms with E-state index < -0.39 is 10.1 Å². The molecule has 0 unspecified atom stereocenters. The van der Waals surface area contributed by atoms with E-state index in [0.29, 0.717) is 12.1 Å². The molecule has 0 saturated carbocycles. The number of nitrogens with zero attached hydrogens (tertiary/aromatic N) is 4. The normalized spacial score (nSPS) is 14.7. The van der Waals surface area contributed by atoms with E-state index in [1.807, 2.05) is 59.7 Å². The number of anilines is 2. The Hall–Kier alpha value is -3.95. The number of hydrogen-bond donors (Lipinski definition) is 1. The fourth-order valence-corrected chi connectivity index (χ4v) is 5.78. The van der Waals surface area contributed by atoms with Crippen LogP contribution in [-0.4, -0.2) is 36.9 Å². The Morgan fingerprint density at radius 1 is 1.00 bits per heavy atom. The number of halogens is 1. The van der Waals surface area contributed by atoms with Crippen molar-refractivity contribution in [2.45, 2.75) is 19.9 Å². The standard InChI is InChI=1S/C30H31FN4O3S/c1-4-34-27-20-23(22-10-6-5-7-11-22)14-16-25(27)32(2)29(34)12-8-13-30-33(3)26-17-15-24(31)21-28(26)35(30)18-9-19-39(36,37)38/h5-8,10-17,20-21H,4,9,18-19H2,1-3H3/p+1. The second-order valence-electron chi connectivity index (χ2n) is 9.60. The molecule has 1 aliphatic heterocycles. The minimum Gasteiger partial charge on any atom is -0.329 e. The summed E-state index contributed by atoms with van der Waals surface area (Å²) in [6, 6.07) is 21.4. The zero-order valence-electron chi connectivity index (χ0n) is 22.3. The molecule has 0 spiro atoms. The van der Waals surface area contributed by atoms with Crippen LogP contribution in [-0.2, 0) is 23.7 Å². The van der Waals surface area contributed by atoms with Gasteiger partial charge in [0.25, 0.3) is 15.9 Å². The van der Waals surface area contributed by atoms with Crippen LogP contribution < -0.4 is 14.4 Å². The minimum absolute atomic E-state index is 0.201. The van der Waals surface area contributed by atoms with E-state index in [2.05, 4.69) is 47.1 Å². The van der Waals surface area contributed by atoms with Crippen molar-refractivity contribution >= 4 is 38.6 Å². The lowest BCUT2D eigenvalue weighted by molar-refractivity contribution is -0.647. The Kier molecular flexibility index (Phi) is 7.29. The van der Waals surface area contributed by atoms with Crippen molar-refractivity contribution in [1.29, 1.82) is 0 Å². The molecule has 2 heterocycles. The number of allylic oxidation sites excluding steroid dienone is 2. The topological polar surface area (TPSA) is 69.7 Å². The lowest BCUT2D eigenvalue weighted by Crippen LogP contribution is -2.31. The Morgan fingerprint density at radius 3 is 2.49 bits per heavy atom. The van der Waals surface area contributed by atoms with E-state index >= 15 is 0 Å². The molecule has 7 nitrogen and oxygen atoms in total. The highest BCUT2D eigenvalue weighted by atomic mass is 32.2. The van der Waals surface area contributed by atoms with E-state index in [1.54, 1.807) is 6.07 Å². The van der Waals surface area contributed by atoms with Gasteiger partial charge >= 0.3 is 0 Å². The lowest BCUT2D eigenvalue weighted by atomic mass is 10.0. The van der Waals surface area contributed by atoms with Crippen LogP contribution in [0.15, 0.2) is 84.7 Å². The average molecular weight is 548 g/mol. The van der Waals surface area contributed by atoms with Crippen molar-refractivity contribution in [2.24, 2.45) is 7.05 Å². The Morgan fingerprint density at radius 2 is 1.77 bits per heavy atom. The van der Waals surface area contributed by atoms with Crippen LogP contribution in [0.5, 0.6) is 0 Å². The maximum Gasteiger partial charge on any atom is 0.282 e. The van der Waals surface area contributed by atoms with Crippen molar-refractivity contribution in [3.8, 4) is 11.1 Å². The molecule has 39 heavy (non-hydrogen) atoms. The summed E-state index contributed by atoms with van der Waals surface area (Å²) in [6.07, 6.45) is 6.15. The van der Waals surface area contributed by atoms with E-state index in [0.717, 1.165) is 40.6 Å². The first-order valence-corrected chi connectivity index (χ1v) is 14.5. The molecule has 0 fully saturated rings. The summed E-state index contributed by atoms with van der Waals surface area (Å²) in [5.74, 6) is 1.08. The van der Waals surface area contributed by atoms with Crippen LogP contribution in [0.1, 0.15) is 19.2 Å². The summed E-state index contributed by atoms with van der Waals surface area (Å²) in [5.41, 5.74) is 6.07. The van der Waals surface area contributed by atoms with Gasteiger partial charge < -0.3 is 9.80 Å². The number of fused-ring (bicyclic) bond motifs is 2. The van der Waals surface area contributed by atoms with Gasteiger partial charge in [0.05, 0.1) is 30.7 Å². The Bertz CT molecular complexity index is 1690. The highest BCUT2D eigenvalue weighted by molar-refractivity contribution is 7.85. The van der Waals surface area contributed by atoms with Gasteiger partial charge in [0.2, 0.25) is 0 Å². The molecular formula is C30H32FN4O3S+. The predicted octanol–water partition coefficient (Wildman–Crippen LogP) is 5.38. The molecule has 0 atom stereocenters. The Labute approximate surface area is 228 Å². The molecule has 9 heteroatoms. The van der Waals surface area contributed by atoms with Crippen LogP contribution in [0, 0.1) is 5.82 Å². The molecule has 0 amide bonds. The zero-order chi connectivity index (χ0) is 27.7. The minimum atomic E-state index is -4.08. The number of rotatable bonds is 8. The van der Waals surface area contributed by atoms with Gasteiger partial charge in [-0.1, -0.05) is 42.5 Å². The Balaban J connectivity index is 1.49. The molecular weight excluding hydrogens is 515 g/mol. The van der Waals surface area contributed by atoms with Crippen LogP contribution in [0.2, 0.25) is 0 Å². The zero-order valence-corrected chi connectivity index (χ0v) is 23.1. The summed E-state index contributed by atoms with van der Waals surface area (Å²) in [7, 11) is -0.142. The molecule has 0 radical (unpaired) electrons. The molecule has 4 aromatic rings. The van der Waals surface area contributed by atoms with E-state index in [-0.39, 0.29) is 18.0 Å². The second kappa shape index (κ2) is 10.7. The number of imidazole rings is 1. The first-order valence-electron chi connectivity index (χ1n) is 12.9. The molecule has 1 aromatic heterocycles. The van der Waals surface area contributed by atoms with Crippen molar-refractivity contribution in [3.05, 3.63) is 96.3 Å². The summed E-state index contributed by atoms with van der Waals surface area (Å²) in [4.78, 5) is 4.43. The van der Waals surface area contributed by atoms with Crippen molar-refractivity contribution < 1.29 is 21.9 Å². The average Bonchev–Trinajstić information content (AvgIpc) is 3.33. The van der Waals surface area contributed by atoms with Crippen molar-refractivity contribution in [2.75, 3.05) is 29.1 Å². The monoisotopic (exact) mass is 547 g/mol. The second-order valence-corrected chi connectivity index (χ2v) is 11.2. The summed E-state index contributed by atoms with van der Waals surface area (Å²) < 4.78 is 49.7. The molecule has 202 valence electrons. The van der Waals surface area contributed by atoms with Gasteiger partial charge in [0.15, 0.2) is 11.0 Å². The van der Waals surface area contributed by atoms with Gasteiger partial charge in [-0.3, -0.25) is 4.55 Å². The third-order valence-electron chi connectivity index (χ3n) is 7.16. The third kappa shape index (κ3) is 5.32. The quantitative estimate of drug-likeness (QED) is 0.237. The van der Waals surface area contributed by atoms with E-state index in [4.69, 9.17) is 0 Å². The van der Waals surface area contributed by atoms with Crippen LogP contribution in [0.25, 0.3) is 28.2 Å². The van der Waals surface area contributed by atoms with Gasteiger partial charge in [-0.2, -0.15) is 8.42 Å². The highest BCUT2D eigenvalue weighted by Crippen LogP contribution is 2.42. The molecule has 0 bridgehead atoms. The first-order chi connectivity index (χ1) is 18.7. The molecule has 0 saturated heterocycles. The lowest BCUT2D eigenvalue weighted by Gasteiger charge is -2.20. The fourth-order valence-electron chi connectivity index (χ4n) is 5.28. The molecule has 3 aromatic carbocycles. The first kappa shape index (κ1) is 26.6. The summed E-state index contributed by atoms with van der Waals surface area (Å²) >= 11 is 0. The number of benzene rings is 3. The highest BCUT2D eigenvalue weighted by Gasteiger charge is 2.28. The number of aryl methyl sites for hydroxylation is 2. The maximum absolute atomic E-state index is 14.1.